The second-order valence-corrected chi connectivity index (χ2v) is 4.95. The molecule has 1 aliphatic heterocycles. The number of rotatable bonds is 4. The lowest BCUT2D eigenvalue weighted by Gasteiger charge is -2.20. The minimum atomic E-state index is 0.476. The van der Waals surface area contributed by atoms with Crippen LogP contribution in [-0.2, 0) is 13.0 Å². The molecule has 1 aromatic rings. The van der Waals surface area contributed by atoms with Crippen LogP contribution >= 0.6 is 0 Å². The summed E-state index contributed by atoms with van der Waals surface area (Å²) in [6.45, 7) is 8.74. The lowest BCUT2D eigenvalue weighted by Crippen LogP contribution is -2.26. The Labute approximate surface area is 97.4 Å². The van der Waals surface area contributed by atoms with Crippen LogP contribution in [0.2, 0.25) is 0 Å². The molecule has 0 aromatic carbocycles. The van der Waals surface area contributed by atoms with Gasteiger partial charge in [-0.2, -0.15) is 0 Å². The van der Waals surface area contributed by atoms with Gasteiger partial charge in [0.1, 0.15) is 0 Å². The molecule has 0 bridgehead atoms. The van der Waals surface area contributed by atoms with E-state index in [-0.39, 0.29) is 0 Å². The van der Waals surface area contributed by atoms with Crippen molar-refractivity contribution in [1.29, 1.82) is 0 Å². The summed E-state index contributed by atoms with van der Waals surface area (Å²) < 4.78 is 2.14. The Kier molecular flexibility index (Phi) is 3.59. The molecule has 1 aliphatic rings. The molecule has 1 N–H and O–H groups in total. The van der Waals surface area contributed by atoms with E-state index in [0.717, 1.165) is 31.1 Å². The van der Waals surface area contributed by atoms with Crippen LogP contribution in [0.1, 0.15) is 51.0 Å². The SMILES string of the molecule is CCC(C)CC(C)n1nnc2c1CCNC2. The average Bonchev–Trinajstić information content (AvgIpc) is 2.72. The molecule has 0 saturated carbocycles. The molecule has 2 heterocycles. The van der Waals surface area contributed by atoms with Crippen LogP contribution in [-0.4, -0.2) is 21.5 Å². The van der Waals surface area contributed by atoms with E-state index in [1.54, 1.807) is 0 Å². The van der Waals surface area contributed by atoms with E-state index in [2.05, 4.69) is 41.1 Å². The molecule has 0 saturated heterocycles. The third-order valence-electron chi connectivity index (χ3n) is 3.56. The van der Waals surface area contributed by atoms with E-state index in [1.807, 2.05) is 0 Å². The van der Waals surface area contributed by atoms with E-state index >= 15 is 0 Å². The minimum absolute atomic E-state index is 0.476. The third-order valence-corrected chi connectivity index (χ3v) is 3.56. The van der Waals surface area contributed by atoms with E-state index in [9.17, 15) is 0 Å². The largest absolute Gasteiger partial charge is 0.311 e. The van der Waals surface area contributed by atoms with Crippen molar-refractivity contribution < 1.29 is 0 Å². The van der Waals surface area contributed by atoms with Gasteiger partial charge in [-0.3, -0.25) is 0 Å². The number of fused-ring (bicyclic) bond motifs is 1. The fraction of sp³-hybridized carbons (Fsp3) is 0.833. The van der Waals surface area contributed by atoms with Crippen LogP contribution in [0.4, 0.5) is 0 Å². The first-order chi connectivity index (χ1) is 7.72. The zero-order chi connectivity index (χ0) is 11.5. The molecule has 0 fully saturated rings. The van der Waals surface area contributed by atoms with E-state index in [4.69, 9.17) is 0 Å². The van der Waals surface area contributed by atoms with Gasteiger partial charge in [0.2, 0.25) is 0 Å². The van der Waals surface area contributed by atoms with Crippen molar-refractivity contribution in [3.8, 4) is 0 Å². The van der Waals surface area contributed by atoms with E-state index < -0.39 is 0 Å². The molecule has 90 valence electrons. The number of hydrogen-bond acceptors (Lipinski definition) is 3. The first kappa shape index (κ1) is 11.6. The molecule has 0 amide bonds. The van der Waals surface area contributed by atoms with Crippen LogP contribution in [0.15, 0.2) is 0 Å². The van der Waals surface area contributed by atoms with Gasteiger partial charge >= 0.3 is 0 Å². The van der Waals surface area contributed by atoms with Crippen molar-refractivity contribution in [2.75, 3.05) is 6.54 Å². The van der Waals surface area contributed by atoms with Crippen molar-refractivity contribution in [1.82, 2.24) is 20.3 Å². The topological polar surface area (TPSA) is 42.7 Å². The quantitative estimate of drug-likeness (QED) is 0.846. The van der Waals surface area contributed by atoms with E-state index in [1.165, 1.54) is 18.5 Å². The smallest absolute Gasteiger partial charge is 0.0997 e. The third kappa shape index (κ3) is 2.26. The number of hydrogen-bond donors (Lipinski definition) is 1. The number of nitrogens with zero attached hydrogens (tertiary/aromatic N) is 3. The molecule has 1 aromatic heterocycles. The summed E-state index contributed by atoms with van der Waals surface area (Å²) in [5.41, 5.74) is 2.48. The first-order valence-corrected chi connectivity index (χ1v) is 6.36. The van der Waals surface area contributed by atoms with Gasteiger partial charge in [-0.05, 0) is 19.3 Å². The van der Waals surface area contributed by atoms with Gasteiger partial charge in [0.25, 0.3) is 0 Å². The van der Waals surface area contributed by atoms with Crippen LogP contribution in [0.5, 0.6) is 0 Å². The first-order valence-electron chi connectivity index (χ1n) is 6.36. The van der Waals surface area contributed by atoms with Gasteiger partial charge in [-0.1, -0.05) is 25.5 Å². The fourth-order valence-corrected chi connectivity index (χ4v) is 2.36. The normalized spacial score (nSPS) is 19.2. The standard InChI is InChI=1S/C12H22N4/c1-4-9(2)7-10(3)16-12-5-6-13-8-11(12)14-15-16/h9-10,13H,4-8H2,1-3H3. The summed E-state index contributed by atoms with van der Waals surface area (Å²) in [4.78, 5) is 0. The average molecular weight is 222 g/mol. The highest BCUT2D eigenvalue weighted by atomic mass is 15.4. The molecule has 2 unspecified atom stereocenters. The molecule has 16 heavy (non-hydrogen) atoms. The summed E-state index contributed by atoms with van der Waals surface area (Å²) in [5, 5.41) is 11.9. The predicted octanol–water partition coefficient (Wildman–Crippen LogP) is 1.92. The second-order valence-electron chi connectivity index (χ2n) is 4.95. The number of aromatic nitrogens is 3. The molecule has 0 spiro atoms. The molecule has 4 heteroatoms. The van der Waals surface area contributed by atoms with Crippen LogP contribution < -0.4 is 5.32 Å². The summed E-state index contributed by atoms with van der Waals surface area (Å²) in [6.07, 6.45) is 3.50. The Hall–Kier alpha value is -0.900. The highest BCUT2D eigenvalue weighted by Gasteiger charge is 2.20. The number of nitrogens with one attached hydrogen (secondary N) is 1. The van der Waals surface area contributed by atoms with Crippen molar-refractivity contribution in [2.24, 2.45) is 5.92 Å². The van der Waals surface area contributed by atoms with Crippen LogP contribution in [0, 0.1) is 5.92 Å². The Morgan fingerprint density at radius 3 is 3.00 bits per heavy atom. The highest BCUT2D eigenvalue weighted by Crippen LogP contribution is 2.22. The molecule has 4 nitrogen and oxygen atoms in total. The zero-order valence-electron chi connectivity index (χ0n) is 10.5. The summed E-state index contributed by atoms with van der Waals surface area (Å²) in [7, 11) is 0. The van der Waals surface area contributed by atoms with E-state index in [0.29, 0.717) is 6.04 Å². The zero-order valence-corrected chi connectivity index (χ0v) is 10.5. The fourth-order valence-electron chi connectivity index (χ4n) is 2.36. The maximum atomic E-state index is 4.31. The van der Waals surface area contributed by atoms with Crippen LogP contribution in [0.25, 0.3) is 0 Å². The summed E-state index contributed by atoms with van der Waals surface area (Å²) in [6, 6.07) is 0.476. The summed E-state index contributed by atoms with van der Waals surface area (Å²) >= 11 is 0. The molecule has 0 radical (unpaired) electrons. The van der Waals surface area contributed by atoms with Gasteiger partial charge in [0.15, 0.2) is 0 Å². The van der Waals surface area contributed by atoms with Crippen LogP contribution in [0.3, 0.4) is 0 Å². The van der Waals surface area contributed by atoms with Gasteiger partial charge in [0, 0.05) is 19.5 Å². The molecule has 0 aliphatic carbocycles. The molecule has 2 rings (SSSR count). The lowest BCUT2D eigenvalue weighted by atomic mass is 10.00. The summed E-state index contributed by atoms with van der Waals surface area (Å²) in [5.74, 6) is 0.761. The van der Waals surface area contributed by atoms with Crippen molar-refractivity contribution in [2.45, 2.75) is 52.6 Å². The van der Waals surface area contributed by atoms with Crippen molar-refractivity contribution in [3.05, 3.63) is 11.4 Å². The predicted molar refractivity (Wildman–Crippen MR) is 64.2 cm³/mol. The van der Waals surface area contributed by atoms with Crippen molar-refractivity contribution >= 4 is 0 Å². The highest BCUT2D eigenvalue weighted by molar-refractivity contribution is 5.14. The Morgan fingerprint density at radius 1 is 1.44 bits per heavy atom. The molecular formula is C12H22N4. The lowest BCUT2D eigenvalue weighted by molar-refractivity contribution is 0.359. The Balaban J connectivity index is 2.11. The second kappa shape index (κ2) is 4.95. The van der Waals surface area contributed by atoms with Gasteiger partial charge in [0.05, 0.1) is 17.4 Å². The molecule has 2 atom stereocenters. The van der Waals surface area contributed by atoms with Gasteiger partial charge < -0.3 is 5.32 Å². The Morgan fingerprint density at radius 2 is 2.25 bits per heavy atom. The van der Waals surface area contributed by atoms with Gasteiger partial charge in [-0.25, -0.2) is 4.68 Å². The molecular weight excluding hydrogens is 200 g/mol. The maximum absolute atomic E-state index is 4.31. The van der Waals surface area contributed by atoms with Gasteiger partial charge in [-0.15, -0.1) is 5.10 Å². The minimum Gasteiger partial charge on any atom is -0.311 e. The van der Waals surface area contributed by atoms with Crippen molar-refractivity contribution in [3.63, 3.8) is 0 Å². The Bertz CT molecular complexity index is 345. The monoisotopic (exact) mass is 222 g/mol. The maximum Gasteiger partial charge on any atom is 0.0997 e.